The second-order valence-electron chi connectivity index (χ2n) is 8.65. The van der Waals surface area contributed by atoms with Gasteiger partial charge in [0.05, 0.1) is 7.11 Å². The Morgan fingerprint density at radius 2 is 1.74 bits per heavy atom. The fraction of sp³-hybridized carbons (Fsp3) is 0.296. The number of carbonyl (C=O) groups excluding carboxylic acids is 2. The number of carbonyl (C=O) groups is 2. The summed E-state index contributed by atoms with van der Waals surface area (Å²) < 4.78 is 56.1. The summed E-state index contributed by atoms with van der Waals surface area (Å²) in [6.45, 7) is 0.762. The van der Waals surface area contributed by atoms with Gasteiger partial charge in [0.1, 0.15) is 34.0 Å². The Kier molecular flexibility index (Phi) is 8.16. The van der Waals surface area contributed by atoms with Gasteiger partial charge in [-0.3, -0.25) is 14.6 Å². The van der Waals surface area contributed by atoms with Gasteiger partial charge in [-0.1, -0.05) is 18.2 Å². The maximum absolute atomic E-state index is 13.5. The predicted molar refractivity (Wildman–Crippen MR) is 131 cm³/mol. The van der Waals surface area contributed by atoms with E-state index in [1.807, 2.05) is 0 Å². The molecule has 1 fully saturated rings. The molecule has 0 unspecified atom stereocenters. The summed E-state index contributed by atoms with van der Waals surface area (Å²) in [7, 11) is 1.28. The zero-order valence-electron chi connectivity index (χ0n) is 20.5. The van der Waals surface area contributed by atoms with Crippen molar-refractivity contribution < 1.29 is 37.0 Å². The highest BCUT2D eigenvalue weighted by atomic mass is 19.4. The van der Waals surface area contributed by atoms with Crippen LogP contribution in [0.4, 0.5) is 13.2 Å². The van der Waals surface area contributed by atoms with E-state index in [-0.39, 0.29) is 35.4 Å². The quantitative estimate of drug-likeness (QED) is 0.446. The number of rotatable bonds is 8. The minimum absolute atomic E-state index is 0.0642. The molecule has 2 N–H and O–H groups in total. The van der Waals surface area contributed by atoms with Crippen LogP contribution in [0.2, 0.25) is 0 Å². The second kappa shape index (κ2) is 11.5. The van der Waals surface area contributed by atoms with Crippen LogP contribution < -0.4 is 20.1 Å². The fourth-order valence-electron chi connectivity index (χ4n) is 4.01. The summed E-state index contributed by atoms with van der Waals surface area (Å²) in [5, 5.41) is 5.68. The van der Waals surface area contributed by atoms with E-state index in [1.54, 1.807) is 30.3 Å². The first-order valence-corrected chi connectivity index (χ1v) is 11.8. The Hall–Kier alpha value is -4.12. The molecular formula is C27H26F3N3O5. The number of amides is 2. The Bertz CT molecular complexity index is 1260. The highest BCUT2D eigenvalue weighted by molar-refractivity contribution is 5.98. The Labute approximate surface area is 217 Å². The van der Waals surface area contributed by atoms with Gasteiger partial charge in [0.25, 0.3) is 5.91 Å². The van der Waals surface area contributed by atoms with Gasteiger partial charge in [0.2, 0.25) is 5.91 Å². The summed E-state index contributed by atoms with van der Waals surface area (Å²) in [4.78, 5) is 30.0. The van der Waals surface area contributed by atoms with Crippen LogP contribution in [0.1, 0.15) is 34.5 Å². The molecule has 0 radical (unpaired) electrons. The lowest BCUT2D eigenvalue weighted by Gasteiger charge is -2.36. The van der Waals surface area contributed by atoms with Gasteiger partial charge in [0, 0.05) is 38.8 Å². The van der Waals surface area contributed by atoms with Crippen molar-refractivity contribution in [1.29, 1.82) is 0 Å². The maximum atomic E-state index is 13.5. The summed E-state index contributed by atoms with van der Waals surface area (Å²) in [5.74, 6) is -0.919. The third-order valence-electron chi connectivity index (χ3n) is 6.13. The molecule has 200 valence electrons. The van der Waals surface area contributed by atoms with E-state index in [2.05, 4.69) is 15.6 Å². The van der Waals surface area contributed by atoms with Crippen LogP contribution in [0.25, 0.3) is 0 Å². The van der Waals surface area contributed by atoms with Crippen LogP contribution in [-0.2, 0) is 22.3 Å². The van der Waals surface area contributed by atoms with E-state index in [1.165, 1.54) is 37.6 Å². The van der Waals surface area contributed by atoms with Gasteiger partial charge in [-0.05, 0) is 48.0 Å². The standard InChI is InChI=1S/C27H26F3N3O5/c1-36-20-9-10-23(21(16-20)27(28,29)30)38-19-7-5-18(6-8-19)17-32-25(35)26(11-14-37-15-12-26)33-24(34)22-4-2-3-13-31-22/h2-10,13,16H,11-12,14-15,17H2,1H3,(H,32,35)(H,33,34). The SMILES string of the molecule is COc1ccc(Oc2ccc(CNC(=O)C3(NC(=O)c4ccccn4)CCOCC3)cc2)c(C(F)(F)F)c1. The van der Waals surface area contributed by atoms with E-state index >= 15 is 0 Å². The van der Waals surface area contributed by atoms with Gasteiger partial charge in [-0.25, -0.2) is 0 Å². The molecule has 4 rings (SSSR count). The molecule has 0 bridgehead atoms. The van der Waals surface area contributed by atoms with Crippen LogP contribution in [0.3, 0.4) is 0 Å². The van der Waals surface area contributed by atoms with Crippen molar-refractivity contribution in [3.63, 3.8) is 0 Å². The highest BCUT2D eigenvalue weighted by Crippen LogP contribution is 2.40. The van der Waals surface area contributed by atoms with Gasteiger partial charge in [-0.2, -0.15) is 13.2 Å². The molecule has 8 nitrogen and oxygen atoms in total. The molecule has 3 aromatic rings. The number of nitrogens with zero attached hydrogens (tertiary/aromatic N) is 1. The average molecular weight is 530 g/mol. The van der Waals surface area contributed by atoms with Crippen molar-refractivity contribution in [2.75, 3.05) is 20.3 Å². The molecule has 1 saturated heterocycles. The second-order valence-corrected chi connectivity index (χ2v) is 8.65. The number of halogens is 3. The van der Waals surface area contributed by atoms with E-state index in [9.17, 15) is 22.8 Å². The molecule has 2 heterocycles. The third-order valence-corrected chi connectivity index (χ3v) is 6.13. The van der Waals surface area contributed by atoms with Gasteiger partial charge in [0.15, 0.2) is 0 Å². The number of benzene rings is 2. The van der Waals surface area contributed by atoms with E-state index in [4.69, 9.17) is 14.2 Å². The zero-order valence-corrected chi connectivity index (χ0v) is 20.5. The highest BCUT2D eigenvalue weighted by Gasteiger charge is 2.41. The number of alkyl halides is 3. The first kappa shape index (κ1) is 26.9. The number of aromatic nitrogens is 1. The molecule has 1 aromatic heterocycles. The number of hydrogen-bond acceptors (Lipinski definition) is 6. The van der Waals surface area contributed by atoms with E-state index in [0.29, 0.717) is 31.6 Å². The molecule has 1 aliphatic heterocycles. The summed E-state index contributed by atoms with van der Waals surface area (Å²) >= 11 is 0. The van der Waals surface area contributed by atoms with Crippen LogP contribution in [0, 0.1) is 0 Å². The minimum Gasteiger partial charge on any atom is -0.497 e. The molecular weight excluding hydrogens is 503 g/mol. The van der Waals surface area contributed by atoms with Crippen LogP contribution in [0.15, 0.2) is 66.9 Å². The minimum atomic E-state index is -4.62. The Balaban J connectivity index is 1.41. The van der Waals surface area contributed by atoms with Crippen LogP contribution >= 0.6 is 0 Å². The number of methoxy groups -OCH3 is 1. The van der Waals surface area contributed by atoms with E-state index in [0.717, 1.165) is 6.07 Å². The number of hydrogen-bond donors (Lipinski definition) is 2. The molecule has 0 saturated carbocycles. The van der Waals surface area contributed by atoms with Crippen molar-refractivity contribution in [2.24, 2.45) is 0 Å². The number of pyridine rings is 1. The maximum Gasteiger partial charge on any atom is 0.420 e. The third kappa shape index (κ3) is 6.41. The van der Waals surface area contributed by atoms with Crippen LogP contribution in [0.5, 0.6) is 17.2 Å². The van der Waals surface area contributed by atoms with Crippen molar-refractivity contribution in [1.82, 2.24) is 15.6 Å². The van der Waals surface area contributed by atoms with Crippen molar-refractivity contribution in [3.05, 3.63) is 83.7 Å². The summed E-state index contributed by atoms with van der Waals surface area (Å²) in [6, 6.07) is 14.7. The van der Waals surface area contributed by atoms with Gasteiger partial charge < -0.3 is 24.8 Å². The van der Waals surface area contributed by atoms with Crippen molar-refractivity contribution in [3.8, 4) is 17.2 Å². The van der Waals surface area contributed by atoms with Crippen molar-refractivity contribution >= 4 is 11.8 Å². The lowest BCUT2D eigenvalue weighted by molar-refractivity contribution is -0.138. The smallest absolute Gasteiger partial charge is 0.420 e. The zero-order chi connectivity index (χ0) is 27.2. The number of ether oxygens (including phenoxy) is 3. The lowest BCUT2D eigenvalue weighted by atomic mass is 9.88. The Morgan fingerprint density at radius 3 is 2.37 bits per heavy atom. The van der Waals surface area contributed by atoms with E-state index < -0.39 is 23.2 Å². The molecule has 0 atom stereocenters. The predicted octanol–water partition coefficient (Wildman–Crippen LogP) is 4.50. The fourth-order valence-corrected chi connectivity index (χ4v) is 4.01. The molecule has 38 heavy (non-hydrogen) atoms. The summed E-state index contributed by atoms with van der Waals surface area (Å²) in [5.41, 5.74) is -1.22. The molecule has 2 amide bonds. The summed E-state index contributed by atoms with van der Waals surface area (Å²) in [6.07, 6.45) is -2.53. The molecule has 11 heteroatoms. The average Bonchev–Trinajstić information content (AvgIpc) is 2.93. The Morgan fingerprint density at radius 1 is 1.03 bits per heavy atom. The van der Waals surface area contributed by atoms with Crippen LogP contribution in [-0.4, -0.2) is 42.7 Å². The van der Waals surface area contributed by atoms with Gasteiger partial charge >= 0.3 is 6.18 Å². The molecule has 2 aromatic carbocycles. The molecule has 0 aliphatic carbocycles. The van der Waals surface area contributed by atoms with Gasteiger partial charge in [-0.15, -0.1) is 0 Å². The monoisotopic (exact) mass is 529 g/mol. The first-order chi connectivity index (χ1) is 18.2. The molecule has 0 spiro atoms. The molecule has 1 aliphatic rings. The lowest BCUT2D eigenvalue weighted by Crippen LogP contribution is -2.61. The topological polar surface area (TPSA) is 98.8 Å². The first-order valence-electron chi connectivity index (χ1n) is 11.8. The van der Waals surface area contributed by atoms with Crippen molar-refractivity contribution in [2.45, 2.75) is 31.1 Å². The normalized spacial score (nSPS) is 14.8. The largest absolute Gasteiger partial charge is 0.497 e. The number of nitrogens with one attached hydrogen (secondary N) is 2.